The molecule has 4 heterocycles. The maximum Gasteiger partial charge on any atom is 1.00 e. The van der Waals surface area contributed by atoms with Crippen molar-refractivity contribution in [1.82, 2.24) is 29.1 Å². The quantitative estimate of drug-likeness (QED) is 0.147. The number of hydrogen-bond donors (Lipinski definition) is 1. The van der Waals surface area contributed by atoms with Gasteiger partial charge in [0, 0.05) is 35.9 Å². The molecule has 6 rings (SSSR count). The summed E-state index contributed by atoms with van der Waals surface area (Å²) < 4.78 is 12.4. The Morgan fingerprint density at radius 2 is 1.27 bits per heavy atom. The maximum absolute atomic E-state index is 11.6. The first-order chi connectivity index (χ1) is 22.6. The molecule has 0 spiro atoms. The van der Waals surface area contributed by atoms with Crippen molar-refractivity contribution in [2.24, 2.45) is 5.73 Å². The molecular formula is C32H25Cl2LiN8O6. The third kappa shape index (κ3) is 9.00. The van der Waals surface area contributed by atoms with Crippen LogP contribution in [0.4, 0.5) is 5.95 Å². The van der Waals surface area contributed by atoms with Crippen LogP contribution in [0.25, 0.3) is 26.7 Å². The fraction of sp³-hybridized carbons (Fsp3) is 0.125. The number of amides is 1. The van der Waals surface area contributed by atoms with E-state index in [-0.39, 0.29) is 47.5 Å². The van der Waals surface area contributed by atoms with Crippen molar-refractivity contribution in [3.8, 4) is 0 Å². The number of fused-ring (bicyclic) bond motifs is 2. The Morgan fingerprint density at radius 1 is 0.796 bits per heavy atom. The number of hydrogen-bond acceptors (Lipinski definition) is 10. The number of rotatable bonds is 7. The molecule has 0 fully saturated rings. The SMILES string of the molecule is COC(=O)c1cn(Cc2ccc3ncc(Cl)cc3c2)c(C(N)=O)n1.[C-]#[N+]c1nc(C(=O)OC)cn1Cc1ccc2ncc(Cl)cc2c1.[Li+].[OH-]. The van der Waals surface area contributed by atoms with E-state index in [9.17, 15) is 14.4 Å². The molecule has 49 heavy (non-hydrogen) atoms. The number of methoxy groups -OCH3 is 2. The standard InChI is InChI=1S/C16H13ClN4O3.C16H11ClN4O2.Li.H2O/c1-24-16(23)13-8-21(15(20-13)14(18)22)7-9-2-3-12-10(4-9)5-11(17)6-19-12;1-18-16-20-14(15(22)23-2)9-21(16)8-10-3-4-13-11(5-10)6-12(17)7-19-13;;/h2-6,8H,7H2,1H3,(H2,18,22);3-7,9H,8H2,2H3;;1H2/q;;+1;/p-1. The van der Waals surface area contributed by atoms with Crippen molar-refractivity contribution in [3.05, 3.63) is 123 Å². The number of esters is 2. The predicted molar refractivity (Wildman–Crippen MR) is 176 cm³/mol. The summed E-state index contributed by atoms with van der Waals surface area (Å²) in [6, 6.07) is 15.0. The summed E-state index contributed by atoms with van der Waals surface area (Å²) in [5, 5.41) is 2.88. The maximum atomic E-state index is 11.6. The zero-order valence-electron chi connectivity index (χ0n) is 26.3. The van der Waals surface area contributed by atoms with Gasteiger partial charge in [0.05, 0.1) is 48.0 Å². The minimum Gasteiger partial charge on any atom is -0.870 e. The minimum atomic E-state index is -0.726. The van der Waals surface area contributed by atoms with Gasteiger partial charge in [0.15, 0.2) is 11.5 Å². The summed E-state index contributed by atoms with van der Waals surface area (Å²) in [7, 11) is 2.52. The molecule has 0 saturated carbocycles. The van der Waals surface area contributed by atoms with Gasteiger partial charge in [0.25, 0.3) is 5.91 Å². The van der Waals surface area contributed by atoms with Gasteiger partial charge >= 0.3 is 36.7 Å². The summed E-state index contributed by atoms with van der Waals surface area (Å²) in [6.07, 6.45) is 6.12. The molecule has 4 aromatic heterocycles. The van der Waals surface area contributed by atoms with Crippen LogP contribution in [0.5, 0.6) is 0 Å². The number of imidazole rings is 2. The average Bonchev–Trinajstić information content (AvgIpc) is 3.68. The molecule has 0 aliphatic heterocycles. The van der Waals surface area contributed by atoms with E-state index in [4.69, 9.17) is 35.5 Å². The number of pyridine rings is 2. The van der Waals surface area contributed by atoms with E-state index < -0.39 is 17.8 Å². The van der Waals surface area contributed by atoms with E-state index in [1.807, 2.05) is 42.5 Å². The normalized spacial score (nSPS) is 10.2. The summed E-state index contributed by atoms with van der Waals surface area (Å²) >= 11 is 11.9. The number of nitrogens with zero attached hydrogens (tertiary/aromatic N) is 7. The van der Waals surface area contributed by atoms with E-state index in [0.29, 0.717) is 23.1 Å². The molecule has 2 aromatic carbocycles. The molecule has 0 atom stereocenters. The van der Waals surface area contributed by atoms with Crippen LogP contribution in [0.2, 0.25) is 10.0 Å². The number of carbonyl (C=O) groups excluding carboxylic acids is 3. The fourth-order valence-electron chi connectivity index (χ4n) is 4.65. The van der Waals surface area contributed by atoms with Crippen LogP contribution in [-0.2, 0) is 22.6 Å². The number of halogens is 2. The fourth-order valence-corrected chi connectivity index (χ4v) is 4.98. The number of carbonyl (C=O) groups is 3. The van der Waals surface area contributed by atoms with E-state index in [0.717, 1.165) is 32.9 Å². The molecule has 3 N–H and O–H groups in total. The van der Waals surface area contributed by atoms with Crippen LogP contribution in [0.1, 0.15) is 42.7 Å². The van der Waals surface area contributed by atoms with Crippen LogP contribution in [-0.4, -0.2) is 66.6 Å². The Morgan fingerprint density at radius 3 is 1.73 bits per heavy atom. The number of ether oxygens (including phenoxy) is 2. The summed E-state index contributed by atoms with van der Waals surface area (Å²) in [5.41, 5.74) is 8.94. The molecular weight excluding hydrogens is 670 g/mol. The Balaban J connectivity index is 0.000000255. The summed E-state index contributed by atoms with van der Waals surface area (Å²) in [5.74, 6) is -1.81. The zero-order valence-corrected chi connectivity index (χ0v) is 27.8. The van der Waals surface area contributed by atoms with Gasteiger partial charge < -0.3 is 30.1 Å². The number of benzene rings is 2. The van der Waals surface area contributed by atoms with Crippen molar-refractivity contribution in [2.45, 2.75) is 13.1 Å². The van der Waals surface area contributed by atoms with Crippen LogP contribution < -0.4 is 24.6 Å². The van der Waals surface area contributed by atoms with Gasteiger partial charge in [-0.3, -0.25) is 19.3 Å². The molecule has 17 heteroatoms. The van der Waals surface area contributed by atoms with Crippen molar-refractivity contribution >= 4 is 68.8 Å². The second-order valence-electron chi connectivity index (χ2n) is 9.95. The predicted octanol–water partition coefficient (Wildman–Crippen LogP) is 2.32. The molecule has 14 nitrogen and oxygen atoms in total. The number of primary amides is 1. The van der Waals surface area contributed by atoms with Crippen LogP contribution in [0, 0.1) is 6.57 Å². The van der Waals surface area contributed by atoms with Crippen molar-refractivity contribution in [3.63, 3.8) is 0 Å². The molecule has 0 radical (unpaired) electrons. The largest absolute Gasteiger partial charge is 1.00 e. The van der Waals surface area contributed by atoms with Crippen molar-refractivity contribution in [2.75, 3.05) is 14.2 Å². The van der Waals surface area contributed by atoms with Crippen LogP contribution >= 0.6 is 23.2 Å². The third-order valence-electron chi connectivity index (χ3n) is 6.77. The molecule has 0 unspecified atom stereocenters. The van der Waals surface area contributed by atoms with Gasteiger partial charge in [-0.25, -0.2) is 14.6 Å². The molecule has 0 aliphatic rings. The first kappa shape index (κ1) is 38.2. The van der Waals surface area contributed by atoms with E-state index in [1.54, 1.807) is 23.0 Å². The monoisotopic (exact) mass is 694 g/mol. The number of aromatic nitrogens is 6. The second-order valence-corrected chi connectivity index (χ2v) is 10.8. The Kier molecular flexibility index (Phi) is 13.0. The Bertz CT molecular complexity index is 2220. The van der Waals surface area contributed by atoms with E-state index in [2.05, 4.69) is 34.3 Å². The Labute approximate surface area is 301 Å². The molecule has 0 aliphatic carbocycles. The van der Waals surface area contributed by atoms with Gasteiger partial charge in [-0.05, 0) is 47.5 Å². The first-order valence-electron chi connectivity index (χ1n) is 13.6. The van der Waals surface area contributed by atoms with Crippen LogP contribution in [0.15, 0.2) is 73.3 Å². The summed E-state index contributed by atoms with van der Waals surface area (Å²) in [6.45, 7) is 7.90. The van der Waals surface area contributed by atoms with Gasteiger partial charge in [-0.15, -0.1) is 11.6 Å². The molecule has 1 amide bonds. The van der Waals surface area contributed by atoms with Crippen molar-refractivity contribution < 1.29 is 48.2 Å². The van der Waals surface area contributed by atoms with Gasteiger partial charge in [-0.1, -0.05) is 35.3 Å². The van der Waals surface area contributed by atoms with Gasteiger partial charge in [-0.2, -0.15) is 0 Å². The third-order valence-corrected chi connectivity index (χ3v) is 7.19. The second kappa shape index (κ2) is 16.7. The van der Waals surface area contributed by atoms with Gasteiger partial charge in [0.2, 0.25) is 5.69 Å². The minimum absolute atomic E-state index is 0. The average molecular weight is 695 g/mol. The smallest absolute Gasteiger partial charge is 0.870 e. The van der Waals surface area contributed by atoms with E-state index in [1.165, 1.54) is 31.2 Å². The molecule has 244 valence electrons. The molecule has 0 saturated heterocycles. The molecule has 6 aromatic rings. The van der Waals surface area contributed by atoms with E-state index >= 15 is 0 Å². The molecule has 0 bridgehead atoms. The first-order valence-corrected chi connectivity index (χ1v) is 14.4. The van der Waals surface area contributed by atoms with Crippen LogP contribution in [0.3, 0.4) is 0 Å². The number of nitrogens with two attached hydrogens (primary N) is 1. The van der Waals surface area contributed by atoms with Crippen molar-refractivity contribution in [1.29, 1.82) is 0 Å². The zero-order chi connectivity index (χ0) is 33.7. The van der Waals surface area contributed by atoms with Gasteiger partial charge in [0.1, 0.15) is 0 Å². The topological polar surface area (TPSA) is 191 Å². The Hall–Kier alpha value is -5.28. The summed E-state index contributed by atoms with van der Waals surface area (Å²) in [4.78, 5) is 54.4.